The van der Waals surface area contributed by atoms with E-state index in [4.69, 9.17) is 16.3 Å². The van der Waals surface area contributed by atoms with E-state index in [-0.39, 0.29) is 37.3 Å². The maximum atomic E-state index is 13.6. The third kappa shape index (κ3) is 4.90. The van der Waals surface area contributed by atoms with Gasteiger partial charge in [-0.05, 0) is 30.4 Å². The zero-order valence-electron chi connectivity index (χ0n) is 18.5. The summed E-state index contributed by atoms with van der Waals surface area (Å²) in [5.74, 6) is -0.346. The number of rotatable bonds is 8. The second kappa shape index (κ2) is 10.2. The highest BCUT2D eigenvalue weighted by molar-refractivity contribution is 7.07. The van der Waals surface area contributed by atoms with E-state index in [0.717, 1.165) is 11.3 Å². The molecule has 4 rings (SSSR count). The van der Waals surface area contributed by atoms with Crippen molar-refractivity contribution in [2.24, 2.45) is 5.92 Å². The third-order valence-electron chi connectivity index (χ3n) is 6.51. The molecule has 3 heterocycles. The van der Waals surface area contributed by atoms with Gasteiger partial charge in [-0.3, -0.25) is 14.5 Å². The van der Waals surface area contributed by atoms with Crippen molar-refractivity contribution in [1.82, 2.24) is 20.1 Å². The summed E-state index contributed by atoms with van der Waals surface area (Å²) in [5, 5.41) is 5.45. The summed E-state index contributed by atoms with van der Waals surface area (Å²) in [5.41, 5.74) is 2.20. The van der Waals surface area contributed by atoms with Crippen LogP contribution in [0.4, 0.5) is 4.79 Å². The first-order valence-electron chi connectivity index (χ1n) is 11.0. The fourth-order valence-electron chi connectivity index (χ4n) is 4.73. The SMILES string of the molecule is COCCN1C(=O)N[C@](Cc2ccccc2Cl)(C2CCN(C(=O)Cc3cscn3)CC2)C1=O. The summed E-state index contributed by atoms with van der Waals surface area (Å²) < 4.78 is 5.09. The summed E-state index contributed by atoms with van der Waals surface area (Å²) in [6.45, 7) is 1.51. The normalized spacial score (nSPS) is 21.5. The molecule has 2 fully saturated rings. The maximum absolute atomic E-state index is 13.6. The molecule has 0 aliphatic carbocycles. The Hall–Kier alpha value is -2.49. The average Bonchev–Trinajstić information content (AvgIpc) is 3.41. The van der Waals surface area contributed by atoms with Crippen molar-refractivity contribution in [2.75, 3.05) is 33.4 Å². The number of aromatic nitrogens is 1. The predicted octanol–water partition coefficient (Wildman–Crippen LogP) is 2.76. The van der Waals surface area contributed by atoms with E-state index in [1.165, 1.54) is 23.3 Å². The molecular weight excluding hydrogens is 464 g/mol. The first-order valence-corrected chi connectivity index (χ1v) is 12.3. The van der Waals surface area contributed by atoms with E-state index < -0.39 is 11.6 Å². The molecule has 0 bridgehead atoms. The van der Waals surface area contributed by atoms with Crippen molar-refractivity contribution in [1.29, 1.82) is 0 Å². The Morgan fingerprint density at radius 2 is 2.06 bits per heavy atom. The Morgan fingerprint density at radius 3 is 2.73 bits per heavy atom. The minimum atomic E-state index is -1.10. The number of nitrogens with zero attached hydrogens (tertiary/aromatic N) is 3. The molecule has 0 spiro atoms. The summed E-state index contributed by atoms with van der Waals surface area (Å²) in [4.78, 5) is 46.4. The first-order chi connectivity index (χ1) is 15.9. The Bertz CT molecular complexity index is 1010. The van der Waals surface area contributed by atoms with Gasteiger partial charge >= 0.3 is 6.03 Å². The summed E-state index contributed by atoms with van der Waals surface area (Å²) in [6.07, 6.45) is 1.80. The van der Waals surface area contributed by atoms with Gasteiger partial charge in [0.2, 0.25) is 5.91 Å². The molecule has 0 unspecified atom stereocenters. The van der Waals surface area contributed by atoms with Crippen LogP contribution in [0, 0.1) is 5.92 Å². The number of benzene rings is 1. The van der Waals surface area contributed by atoms with E-state index in [0.29, 0.717) is 37.4 Å². The highest BCUT2D eigenvalue weighted by atomic mass is 35.5. The largest absolute Gasteiger partial charge is 0.383 e. The zero-order valence-corrected chi connectivity index (χ0v) is 20.0. The van der Waals surface area contributed by atoms with E-state index >= 15 is 0 Å². The quantitative estimate of drug-likeness (QED) is 0.574. The Morgan fingerprint density at radius 1 is 1.30 bits per heavy atom. The van der Waals surface area contributed by atoms with Crippen molar-refractivity contribution >= 4 is 40.8 Å². The van der Waals surface area contributed by atoms with Gasteiger partial charge in [-0.1, -0.05) is 29.8 Å². The fourth-order valence-corrected chi connectivity index (χ4v) is 5.49. The number of ether oxygens (including phenoxy) is 1. The van der Waals surface area contributed by atoms with Crippen LogP contribution in [0.1, 0.15) is 24.1 Å². The summed E-state index contributed by atoms with van der Waals surface area (Å²) in [7, 11) is 1.54. The lowest BCUT2D eigenvalue weighted by Crippen LogP contribution is -2.58. The van der Waals surface area contributed by atoms with Gasteiger partial charge in [0, 0.05) is 37.0 Å². The second-order valence-corrected chi connectivity index (χ2v) is 9.56. The van der Waals surface area contributed by atoms with Gasteiger partial charge in [0.05, 0.1) is 30.8 Å². The van der Waals surface area contributed by atoms with Gasteiger partial charge in [0.1, 0.15) is 5.54 Å². The van der Waals surface area contributed by atoms with E-state index in [2.05, 4.69) is 10.3 Å². The second-order valence-electron chi connectivity index (χ2n) is 8.43. The van der Waals surface area contributed by atoms with Crippen LogP contribution in [0.15, 0.2) is 35.2 Å². The predicted molar refractivity (Wildman–Crippen MR) is 125 cm³/mol. The lowest BCUT2D eigenvalue weighted by molar-refractivity contribution is -0.136. The van der Waals surface area contributed by atoms with Crippen LogP contribution in [-0.4, -0.2) is 71.5 Å². The molecule has 1 aromatic heterocycles. The number of carbonyl (C=O) groups is 3. The molecule has 0 radical (unpaired) electrons. The number of halogens is 1. The van der Waals surface area contributed by atoms with Gasteiger partial charge in [0.15, 0.2) is 0 Å². The van der Waals surface area contributed by atoms with Crippen LogP contribution >= 0.6 is 22.9 Å². The van der Waals surface area contributed by atoms with Gasteiger partial charge < -0.3 is 15.0 Å². The van der Waals surface area contributed by atoms with Crippen LogP contribution in [0.3, 0.4) is 0 Å². The molecule has 2 aliphatic rings. The topological polar surface area (TPSA) is 91.8 Å². The molecule has 2 saturated heterocycles. The first kappa shape index (κ1) is 23.7. The number of hydrogen-bond acceptors (Lipinski definition) is 6. The third-order valence-corrected chi connectivity index (χ3v) is 7.51. The highest BCUT2D eigenvalue weighted by Gasteiger charge is 2.56. The number of piperidine rings is 1. The molecule has 2 aromatic rings. The van der Waals surface area contributed by atoms with E-state index in [9.17, 15) is 14.4 Å². The van der Waals surface area contributed by atoms with Crippen molar-refractivity contribution in [3.63, 3.8) is 0 Å². The number of nitrogens with one attached hydrogen (secondary N) is 1. The summed E-state index contributed by atoms with van der Waals surface area (Å²) in [6, 6.07) is 6.97. The van der Waals surface area contributed by atoms with Gasteiger partial charge in [0.25, 0.3) is 5.91 Å². The number of amides is 4. The van der Waals surface area contributed by atoms with Crippen LogP contribution in [0.2, 0.25) is 5.02 Å². The van der Waals surface area contributed by atoms with Crippen molar-refractivity contribution in [3.8, 4) is 0 Å². The number of thiazole rings is 1. The molecule has 1 N–H and O–H groups in total. The van der Waals surface area contributed by atoms with Crippen molar-refractivity contribution in [3.05, 3.63) is 51.4 Å². The molecule has 1 aromatic carbocycles. The van der Waals surface area contributed by atoms with Crippen molar-refractivity contribution in [2.45, 2.75) is 31.2 Å². The highest BCUT2D eigenvalue weighted by Crippen LogP contribution is 2.37. The summed E-state index contributed by atoms with van der Waals surface area (Å²) >= 11 is 7.89. The number of methoxy groups -OCH3 is 1. The van der Waals surface area contributed by atoms with Gasteiger partial charge in [-0.15, -0.1) is 11.3 Å². The molecule has 10 heteroatoms. The molecule has 0 saturated carbocycles. The molecule has 176 valence electrons. The molecule has 8 nitrogen and oxygen atoms in total. The van der Waals surface area contributed by atoms with Crippen LogP contribution in [-0.2, 0) is 27.2 Å². The van der Waals surface area contributed by atoms with Gasteiger partial charge in [-0.2, -0.15) is 0 Å². The number of likely N-dealkylation sites (tertiary alicyclic amines) is 1. The number of urea groups is 1. The van der Waals surface area contributed by atoms with Crippen LogP contribution in [0.25, 0.3) is 0 Å². The zero-order chi connectivity index (χ0) is 23.4. The minimum Gasteiger partial charge on any atom is -0.383 e. The number of hydrogen-bond donors (Lipinski definition) is 1. The number of carbonyl (C=O) groups excluding carboxylic acids is 3. The maximum Gasteiger partial charge on any atom is 0.325 e. The molecular formula is C23H27ClN4O4S. The molecule has 4 amide bonds. The molecule has 33 heavy (non-hydrogen) atoms. The number of imide groups is 1. The molecule has 2 aliphatic heterocycles. The Balaban J connectivity index is 1.53. The fraction of sp³-hybridized carbons (Fsp3) is 0.478. The smallest absolute Gasteiger partial charge is 0.325 e. The molecule has 1 atom stereocenters. The van der Waals surface area contributed by atoms with Crippen LogP contribution in [0.5, 0.6) is 0 Å². The minimum absolute atomic E-state index is 0.0306. The van der Waals surface area contributed by atoms with E-state index in [1.54, 1.807) is 11.6 Å². The van der Waals surface area contributed by atoms with Gasteiger partial charge in [-0.25, -0.2) is 9.78 Å². The average molecular weight is 491 g/mol. The lowest BCUT2D eigenvalue weighted by atomic mass is 9.74. The van der Waals surface area contributed by atoms with Crippen molar-refractivity contribution < 1.29 is 19.1 Å². The Labute approximate surface area is 201 Å². The monoisotopic (exact) mass is 490 g/mol. The Kier molecular flexibility index (Phi) is 7.31. The van der Waals surface area contributed by atoms with E-state index in [1.807, 2.05) is 28.5 Å². The standard InChI is InChI=1S/C23H27ClN4O4S/c1-32-11-10-28-21(30)23(26-22(28)31,13-16-4-2-3-5-19(16)24)17-6-8-27(9-7-17)20(29)12-18-14-33-15-25-18/h2-5,14-15,17H,6-13H2,1H3,(H,26,31)/t23-/m1/s1. The lowest BCUT2D eigenvalue weighted by Gasteiger charge is -2.41. The van der Waals surface area contributed by atoms with Crippen LogP contribution < -0.4 is 5.32 Å².